The van der Waals surface area contributed by atoms with E-state index >= 15 is 0 Å². The molecule has 5 rings (SSSR count). The molecule has 7 heteroatoms. The molecule has 0 aliphatic heterocycles. The third-order valence-electron chi connectivity index (χ3n) is 6.42. The lowest BCUT2D eigenvalue weighted by atomic mass is 9.89. The minimum Gasteiger partial charge on any atom is -0.481 e. The summed E-state index contributed by atoms with van der Waals surface area (Å²) in [7, 11) is 1.87. The summed E-state index contributed by atoms with van der Waals surface area (Å²) in [5, 5.41) is 9.39. The number of likely N-dealkylation sites (N-methyl/N-ethyl adjacent to an activating group) is 1. The average molecular weight is 416 g/mol. The molecule has 4 aromatic rings. The Morgan fingerprint density at radius 2 is 1.90 bits per heavy atom. The van der Waals surface area contributed by atoms with Crippen LogP contribution in [0.2, 0.25) is 0 Å². The zero-order valence-corrected chi connectivity index (χ0v) is 17.4. The Morgan fingerprint density at radius 3 is 2.71 bits per heavy atom. The third-order valence-corrected chi connectivity index (χ3v) is 6.42. The van der Waals surface area contributed by atoms with Crippen LogP contribution in [0.3, 0.4) is 0 Å². The number of carboxylic acid groups (broad SMARTS) is 1. The number of carboxylic acids is 1. The fourth-order valence-electron chi connectivity index (χ4n) is 4.83. The highest BCUT2D eigenvalue weighted by Crippen LogP contribution is 2.32. The molecule has 0 saturated carbocycles. The summed E-state index contributed by atoms with van der Waals surface area (Å²) >= 11 is 0. The second-order valence-electron chi connectivity index (χ2n) is 8.19. The SMILES string of the molecule is CN(C(=O)Cc1cnc2ccccn12)[C@@H]1CCc2c(CC(=O)O)c3ccccn3c2C1. The number of amides is 1. The van der Waals surface area contributed by atoms with Crippen LogP contribution in [0.25, 0.3) is 11.2 Å². The Labute approximate surface area is 179 Å². The first kappa shape index (κ1) is 19.4. The van der Waals surface area contributed by atoms with Gasteiger partial charge in [-0.05, 0) is 48.2 Å². The van der Waals surface area contributed by atoms with Gasteiger partial charge in [0, 0.05) is 49.3 Å². The Bertz CT molecular complexity index is 1300. The van der Waals surface area contributed by atoms with Gasteiger partial charge < -0.3 is 18.8 Å². The van der Waals surface area contributed by atoms with Gasteiger partial charge in [0.15, 0.2) is 0 Å². The Kier molecular flexibility index (Phi) is 4.73. The van der Waals surface area contributed by atoms with E-state index < -0.39 is 5.97 Å². The molecule has 158 valence electrons. The van der Waals surface area contributed by atoms with Gasteiger partial charge in [-0.1, -0.05) is 12.1 Å². The van der Waals surface area contributed by atoms with Gasteiger partial charge in [0.25, 0.3) is 0 Å². The van der Waals surface area contributed by atoms with Crippen LogP contribution in [-0.4, -0.2) is 48.8 Å². The Morgan fingerprint density at radius 1 is 1.13 bits per heavy atom. The van der Waals surface area contributed by atoms with Gasteiger partial charge in [-0.2, -0.15) is 0 Å². The minimum atomic E-state index is -0.818. The van der Waals surface area contributed by atoms with Crippen molar-refractivity contribution in [3.63, 3.8) is 0 Å². The number of pyridine rings is 2. The lowest BCUT2D eigenvalue weighted by Crippen LogP contribution is -2.41. The van der Waals surface area contributed by atoms with Crippen molar-refractivity contribution in [1.29, 1.82) is 0 Å². The van der Waals surface area contributed by atoms with Gasteiger partial charge in [-0.3, -0.25) is 9.59 Å². The standard InChI is InChI=1S/C24H24N4O3/c1-26(23(29)13-17-15-25-22-7-3-5-10-27(17)22)16-8-9-18-19(14-24(30)31)20-6-2-4-11-28(20)21(18)12-16/h2-7,10-11,15-16H,8-9,12-14H2,1H3,(H,30,31)/t16-/m1/s1. The second-order valence-corrected chi connectivity index (χ2v) is 8.19. The highest BCUT2D eigenvalue weighted by Gasteiger charge is 2.30. The maximum absolute atomic E-state index is 13.1. The summed E-state index contributed by atoms with van der Waals surface area (Å²) in [6.07, 6.45) is 8.31. The summed E-state index contributed by atoms with van der Waals surface area (Å²) in [5.74, 6) is -0.757. The topological polar surface area (TPSA) is 79.3 Å². The van der Waals surface area contributed by atoms with Crippen molar-refractivity contribution < 1.29 is 14.7 Å². The summed E-state index contributed by atoms with van der Waals surface area (Å²) in [6.45, 7) is 0. The number of imidazole rings is 1. The van der Waals surface area contributed by atoms with Gasteiger partial charge in [-0.15, -0.1) is 0 Å². The molecule has 1 amide bonds. The minimum absolute atomic E-state index is 0.0244. The normalized spacial score (nSPS) is 15.8. The number of nitrogens with zero attached hydrogens (tertiary/aromatic N) is 4. The zero-order chi connectivity index (χ0) is 21.5. The van der Waals surface area contributed by atoms with E-state index in [-0.39, 0.29) is 18.4 Å². The molecule has 31 heavy (non-hydrogen) atoms. The molecular formula is C24H24N4O3. The fourth-order valence-corrected chi connectivity index (χ4v) is 4.83. The highest BCUT2D eigenvalue weighted by molar-refractivity contribution is 5.79. The van der Waals surface area contributed by atoms with Crippen molar-refractivity contribution in [2.45, 2.75) is 38.1 Å². The zero-order valence-electron chi connectivity index (χ0n) is 17.4. The predicted molar refractivity (Wildman–Crippen MR) is 116 cm³/mol. The van der Waals surface area contributed by atoms with Crippen molar-refractivity contribution in [1.82, 2.24) is 18.7 Å². The van der Waals surface area contributed by atoms with Crippen LogP contribution in [0, 0.1) is 0 Å². The molecule has 0 unspecified atom stereocenters. The van der Waals surface area contributed by atoms with Crippen LogP contribution in [0.15, 0.2) is 55.0 Å². The quantitative estimate of drug-likeness (QED) is 0.543. The first-order valence-electron chi connectivity index (χ1n) is 10.5. The summed E-state index contributed by atoms with van der Waals surface area (Å²) in [5.41, 5.74) is 5.82. The maximum atomic E-state index is 13.1. The lowest BCUT2D eigenvalue weighted by Gasteiger charge is -2.32. The molecule has 7 nitrogen and oxygen atoms in total. The number of aliphatic carboxylic acids is 1. The molecule has 1 aliphatic carbocycles. The van der Waals surface area contributed by atoms with E-state index in [9.17, 15) is 14.7 Å². The van der Waals surface area contributed by atoms with Crippen molar-refractivity contribution in [2.24, 2.45) is 0 Å². The van der Waals surface area contributed by atoms with Crippen LogP contribution in [0.1, 0.15) is 28.9 Å². The Hall–Kier alpha value is -3.61. The van der Waals surface area contributed by atoms with E-state index in [0.29, 0.717) is 6.42 Å². The number of hydrogen-bond donors (Lipinski definition) is 1. The number of fused-ring (bicyclic) bond motifs is 4. The van der Waals surface area contributed by atoms with Crippen LogP contribution in [0.4, 0.5) is 0 Å². The number of hydrogen-bond acceptors (Lipinski definition) is 3. The third kappa shape index (κ3) is 3.36. The smallest absolute Gasteiger partial charge is 0.307 e. The van der Waals surface area contributed by atoms with Gasteiger partial charge in [-0.25, -0.2) is 4.98 Å². The lowest BCUT2D eigenvalue weighted by molar-refractivity contribution is -0.136. The molecule has 0 spiro atoms. The molecule has 0 fully saturated rings. The van der Waals surface area contributed by atoms with Crippen LogP contribution in [0.5, 0.6) is 0 Å². The average Bonchev–Trinajstić information content (AvgIpc) is 3.32. The summed E-state index contributed by atoms with van der Waals surface area (Å²) in [6, 6.07) is 11.7. The fraction of sp³-hybridized carbons (Fsp3) is 0.292. The van der Waals surface area contributed by atoms with Crippen LogP contribution >= 0.6 is 0 Å². The maximum Gasteiger partial charge on any atom is 0.307 e. The van der Waals surface area contributed by atoms with E-state index in [4.69, 9.17) is 0 Å². The summed E-state index contributed by atoms with van der Waals surface area (Å²) in [4.78, 5) is 30.7. The predicted octanol–water partition coefficient (Wildman–Crippen LogP) is 2.77. The molecular weight excluding hydrogens is 392 g/mol. The summed E-state index contributed by atoms with van der Waals surface area (Å²) < 4.78 is 4.05. The number of rotatable bonds is 5. The molecule has 0 radical (unpaired) electrons. The van der Waals surface area contributed by atoms with E-state index in [0.717, 1.165) is 52.9 Å². The van der Waals surface area contributed by atoms with E-state index in [1.165, 1.54) is 0 Å². The number of carbonyl (C=O) groups is 2. The first-order chi connectivity index (χ1) is 15.0. The van der Waals surface area contributed by atoms with Crippen molar-refractivity contribution >= 4 is 23.0 Å². The molecule has 0 bridgehead atoms. The second kappa shape index (κ2) is 7.58. The van der Waals surface area contributed by atoms with Gasteiger partial charge in [0.05, 0.1) is 18.5 Å². The van der Waals surface area contributed by atoms with Gasteiger partial charge in [0.2, 0.25) is 5.91 Å². The molecule has 0 saturated heterocycles. The largest absolute Gasteiger partial charge is 0.481 e. The van der Waals surface area contributed by atoms with Crippen LogP contribution < -0.4 is 0 Å². The van der Waals surface area contributed by atoms with Gasteiger partial charge in [0.1, 0.15) is 5.65 Å². The van der Waals surface area contributed by atoms with Crippen LogP contribution in [-0.2, 0) is 35.3 Å². The monoisotopic (exact) mass is 416 g/mol. The van der Waals surface area contributed by atoms with E-state index in [1.54, 1.807) is 6.20 Å². The molecule has 1 atom stereocenters. The first-order valence-corrected chi connectivity index (χ1v) is 10.5. The van der Waals surface area contributed by atoms with E-state index in [2.05, 4.69) is 9.38 Å². The molecule has 1 N–H and O–H groups in total. The van der Waals surface area contributed by atoms with Crippen molar-refractivity contribution in [3.05, 3.63) is 77.5 Å². The van der Waals surface area contributed by atoms with Crippen molar-refractivity contribution in [2.75, 3.05) is 7.05 Å². The van der Waals surface area contributed by atoms with Crippen molar-refractivity contribution in [3.8, 4) is 0 Å². The highest BCUT2D eigenvalue weighted by atomic mass is 16.4. The molecule has 1 aliphatic rings. The number of carbonyl (C=O) groups excluding carboxylic acids is 1. The number of aromatic nitrogens is 3. The van der Waals surface area contributed by atoms with E-state index in [1.807, 2.05) is 65.1 Å². The molecule has 0 aromatic carbocycles. The van der Waals surface area contributed by atoms with Gasteiger partial charge >= 0.3 is 5.97 Å². The molecule has 4 aromatic heterocycles. The molecule has 4 heterocycles. The Balaban J connectivity index is 1.40.